The lowest BCUT2D eigenvalue weighted by Gasteiger charge is -2.40. The van der Waals surface area contributed by atoms with Crippen molar-refractivity contribution in [3.05, 3.63) is 34.4 Å². The van der Waals surface area contributed by atoms with Crippen molar-refractivity contribution in [2.75, 3.05) is 0 Å². The van der Waals surface area contributed by atoms with Crippen LogP contribution in [0.4, 0.5) is 0 Å². The summed E-state index contributed by atoms with van der Waals surface area (Å²) in [6.45, 7) is 29.8. The fourth-order valence-corrected chi connectivity index (χ4v) is 8.73. The van der Waals surface area contributed by atoms with E-state index in [1.165, 1.54) is 0 Å². The van der Waals surface area contributed by atoms with Gasteiger partial charge in [0.2, 0.25) is 0 Å². The molecular formula is C26H54O6Si5. The minimum Gasteiger partial charge on any atom is -0.516 e. The lowest BCUT2D eigenvalue weighted by molar-refractivity contribution is -0.0456. The quantitative estimate of drug-likeness (QED) is 0.237. The van der Waals surface area contributed by atoms with E-state index in [2.05, 4.69) is 93.8 Å². The highest BCUT2D eigenvalue weighted by Crippen LogP contribution is 2.41. The summed E-state index contributed by atoms with van der Waals surface area (Å²) < 4.78 is 31.2. The van der Waals surface area contributed by atoms with Gasteiger partial charge in [-0.1, -0.05) is 80.7 Å². The smallest absolute Gasteiger partial charge is 0.325 e. The number of hydrogen-bond donors (Lipinski definition) is 0. The van der Waals surface area contributed by atoms with Crippen LogP contribution in [0.5, 0.6) is 0 Å². The summed E-state index contributed by atoms with van der Waals surface area (Å²) in [6.07, 6.45) is -0.672. The molecule has 0 saturated carbocycles. The predicted molar refractivity (Wildman–Crippen MR) is 169 cm³/mol. The van der Waals surface area contributed by atoms with E-state index in [0.29, 0.717) is 5.56 Å². The highest BCUT2D eigenvalue weighted by Gasteiger charge is 2.43. The Bertz CT molecular complexity index is 886. The van der Waals surface area contributed by atoms with Gasteiger partial charge in [-0.15, -0.1) is 0 Å². The molecule has 214 valence electrons. The average molecular weight is 603 g/mol. The Balaban J connectivity index is 3.89. The molecule has 0 aromatic heterocycles. The third kappa shape index (κ3) is 8.30. The van der Waals surface area contributed by atoms with Crippen molar-refractivity contribution in [2.45, 2.75) is 123 Å². The van der Waals surface area contributed by atoms with Gasteiger partial charge in [0, 0.05) is 10.8 Å². The number of carbonyl (C=O) groups excluding carboxylic acids is 1. The van der Waals surface area contributed by atoms with E-state index < -0.39 is 58.2 Å². The van der Waals surface area contributed by atoms with E-state index in [1.54, 1.807) is 0 Å². The van der Waals surface area contributed by atoms with Crippen molar-refractivity contribution in [1.82, 2.24) is 0 Å². The van der Waals surface area contributed by atoms with Gasteiger partial charge in [-0.05, 0) is 47.8 Å². The Kier molecular flexibility index (Phi) is 12.9. The van der Waals surface area contributed by atoms with Gasteiger partial charge in [0.1, 0.15) is 12.6 Å². The maximum Gasteiger partial charge on any atom is 0.325 e. The molecule has 0 radical (unpaired) electrons. The summed E-state index contributed by atoms with van der Waals surface area (Å²) in [4.78, 5) is 13.8. The zero-order chi connectivity index (χ0) is 28.8. The summed E-state index contributed by atoms with van der Waals surface area (Å²) >= 11 is 0. The molecule has 0 atom stereocenters. The van der Waals surface area contributed by atoms with Gasteiger partial charge < -0.3 is 22.1 Å². The molecule has 0 aliphatic carbocycles. The first-order chi connectivity index (χ1) is 16.9. The molecule has 0 spiro atoms. The molecular weight excluding hydrogens is 549 g/mol. The number of rotatable bonds is 14. The highest BCUT2D eigenvalue weighted by molar-refractivity contribution is 6.75. The van der Waals surface area contributed by atoms with E-state index in [-0.39, 0.29) is 23.6 Å². The fourth-order valence-electron chi connectivity index (χ4n) is 4.21. The molecule has 6 nitrogen and oxygen atoms in total. The Labute approximate surface area is 237 Å². The molecule has 0 aliphatic heterocycles. The number of carbonyl (C=O) groups is 1. The van der Waals surface area contributed by atoms with Crippen molar-refractivity contribution < 1.29 is 26.9 Å². The Morgan fingerprint density at radius 3 is 1.54 bits per heavy atom. The normalized spacial score (nSPS) is 16.3. The van der Waals surface area contributed by atoms with E-state index in [1.807, 2.05) is 13.0 Å². The molecule has 37 heavy (non-hydrogen) atoms. The van der Waals surface area contributed by atoms with Crippen LogP contribution in [-0.4, -0.2) is 65.9 Å². The molecule has 0 N–H and O–H groups in total. The van der Waals surface area contributed by atoms with Gasteiger partial charge in [-0.3, -0.25) is 0 Å². The van der Waals surface area contributed by atoms with E-state index in [4.69, 9.17) is 22.1 Å². The lowest BCUT2D eigenvalue weighted by Crippen LogP contribution is -2.44. The Morgan fingerprint density at radius 2 is 1.16 bits per heavy atom. The summed E-state index contributed by atoms with van der Waals surface area (Å²) in [6, 6.07) is 4.24. The molecule has 1 rings (SSSR count). The van der Waals surface area contributed by atoms with Crippen LogP contribution in [0.1, 0.15) is 75.5 Å². The maximum absolute atomic E-state index is 13.8. The number of benzene rings is 1. The first-order valence-corrected chi connectivity index (χ1v) is 24.6. The third-order valence-electron chi connectivity index (χ3n) is 7.67. The first-order valence-electron chi connectivity index (χ1n) is 13.8. The summed E-state index contributed by atoms with van der Waals surface area (Å²) in [5, 5.41) is -0.0793. The topological polar surface area (TPSA) is 63.2 Å². The van der Waals surface area contributed by atoms with Crippen molar-refractivity contribution >= 4 is 53.3 Å². The zero-order valence-corrected chi connectivity index (χ0v) is 32.7. The van der Waals surface area contributed by atoms with E-state index in [9.17, 15) is 4.79 Å². The molecule has 0 unspecified atom stereocenters. The molecule has 0 fully saturated rings. The minimum absolute atomic E-state index is 0.0793. The van der Waals surface area contributed by atoms with Crippen molar-refractivity contribution in [2.24, 2.45) is 0 Å². The van der Waals surface area contributed by atoms with Crippen molar-refractivity contribution in [1.29, 1.82) is 0 Å². The molecule has 0 saturated heterocycles. The molecule has 0 aliphatic rings. The van der Waals surface area contributed by atoms with Gasteiger partial charge >= 0.3 is 5.97 Å². The average Bonchev–Trinajstić information content (AvgIpc) is 2.77. The monoisotopic (exact) mass is 602 g/mol. The summed E-state index contributed by atoms with van der Waals surface area (Å²) in [5.41, 5.74) is 2.70. The summed E-state index contributed by atoms with van der Waals surface area (Å²) in [5.74, 6) is -0.250. The summed E-state index contributed by atoms with van der Waals surface area (Å²) in [7, 11) is -5.11. The SMILES string of the molecule is C[SiH2]OC(O[SiH2]C)C(C)(C)c1cc(C(=O)O[Si](C)(C)C(C)(C)C)c(C)c(C(C)(C)C(O[SiH2]C)O[SiH2]C)c1. The lowest BCUT2D eigenvalue weighted by atomic mass is 9.75. The minimum atomic E-state index is -2.32. The molecule has 11 heteroatoms. The largest absolute Gasteiger partial charge is 0.516 e. The van der Waals surface area contributed by atoms with Crippen molar-refractivity contribution in [3.63, 3.8) is 0 Å². The van der Waals surface area contributed by atoms with Crippen LogP contribution < -0.4 is 0 Å². The second-order valence-electron chi connectivity index (χ2n) is 12.3. The van der Waals surface area contributed by atoms with Crippen LogP contribution in [0.15, 0.2) is 12.1 Å². The second-order valence-corrected chi connectivity index (χ2v) is 20.6. The molecule has 1 aromatic carbocycles. The predicted octanol–water partition coefficient (Wildman–Crippen LogP) is 3.96. The standard InChI is InChI=1S/C26H54O6Si5/c1-17-19(21(27)32-37(13,14)24(2,3)4)15-18(25(5,6)22(28-33-9)29-34-10)16-20(17)26(7,8)23(30-35-11)31-36-12/h15-16,22-23H,33-36H2,1-14H3. The van der Waals surface area contributed by atoms with Gasteiger partial charge in [0.25, 0.3) is 8.32 Å². The number of hydrogen-bond acceptors (Lipinski definition) is 6. The van der Waals surface area contributed by atoms with Crippen LogP contribution in [0, 0.1) is 6.92 Å². The molecule has 0 heterocycles. The van der Waals surface area contributed by atoms with Crippen LogP contribution in [0.2, 0.25) is 44.3 Å². The van der Waals surface area contributed by atoms with Gasteiger partial charge in [-0.25, -0.2) is 4.79 Å². The highest BCUT2D eigenvalue weighted by atomic mass is 28.4. The molecule has 0 amide bonds. The zero-order valence-electron chi connectivity index (χ0n) is 26.1. The third-order valence-corrected chi connectivity index (χ3v) is 14.5. The van der Waals surface area contributed by atoms with Crippen molar-refractivity contribution in [3.8, 4) is 0 Å². The molecule has 1 aromatic rings. The Morgan fingerprint density at radius 1 is 0.757 bits per heavy atom. The van der Waals surface area contributed by atoms with Gasteiger partial charge in [0.05, 0.1) is 5.56 Å². The van der Waals surface area contributed by atoms with Crippen LogP contribution in [-0.2, 0) is 33.0 Å². The molecule has 0 bridgehead atoms. The van der Waals surface area contributed by atoms with E-state index in [0.717, 1.165) is 16.7 Å². The maximum atomic E-state index is 13.8. The van der Waals surface area contributed by atoms with Gasteiger partial charge in [0.15, 0.2) is 39.1 Å². The van der Waals surface area contributed by atoms with Gasteiger partial charge in [-0.2, -0.15) is 0 Å². The Hall–Kier alpha value is -0.386. The van der Waals surface area contributed by atoms with E-state index >= 15 is 0 Å². The van der Waals surface area contributed by atoms with Crippen LogP contribution >= 0.6 is 0 Å². The van der Waals surface area contributed by atoms with Crippen LogP contribution in [0.25, 0.3) is 0 Å². The fraction of sp³-hybridized carbons (Fsp3) is 0.731. The second kappa shape index (κ2) is 13.8. The van der Waals surface area contributed by atoms with Crippen LogP contribution in [0.3, 0.4) is 0 Å². The first kappa shape index (κ1) is 34.6.